The van der Waals surface area contributed by atoms with Crippen LogP contribution in [-0.4, -0.2) is 16.1 Å². The number of fused-ring (bicyclic) bond motifs is 1. The smallest absolute Gasteiger partial charge is 0.109 e. The van der Waals surface area contributed by atoms with Gasteiger partial charge in [0.25, 0.3) is 0 Å². The van der Waals surface area contributed by atoms with Crippen LogP contribution in [0.2, 0.25) is 0 Å². The van der Waals surface area contributed by atoms with Crippen LogP contribution >= 0.6 is 0 Å². The highest BCUT2D eigenvalue weighted by Crippen LogP contribution is 2.29. The van der Waals surface area contributed by atoms with Gasteiger partial charge in [-0.2, -0.15) is 0 Å². The van der Waals surface area contributed by atoms with Gasteiger partial charge in [-0.05, 0) is 32.7 Å². The number of nitrogens with one attached hydrogen (secondary N) is 1. The second kappa shape index (κ2) is 3.09. The highest BCUT2D eigenvalue weighted by Gasteiger charge is 2.26. The molecule has 0 aromatic carbocycles. The molecule has 3 nitrogen and oxygen atoms in total. The Labute approximate surface area is 84.5 Å². The lowest BCUT2D eigenvalue weighted by Crippen LogP contribution is -2.17. The maximum Gasteiger partial charge on any atom is 0.109 e. The summed E-state index contributed by atoms with van der Waals surface area (Å²) in [6.45, 7) is 4.51. The van der Waals surface area contributed by atoms with Crippen LogP contribution in [0.1, 0.15) is 42.5 Å². The molecule has 1 saturated heterocycles. The van der Waals surface area contributed by atoms with Crippen LogP contribution in [-0.2, 0) is 13.0 Å². The molecule has 2 aliphatic rings. The fourth-order valence-corrected chi connectivity index (χ4v) is 2.84. The normalized spacial score (nSPS) is 25.6. The summed E-state index contributed by atoms with van der Waals surface area (Å²) in [5.41, 5.74) is 2.72. The summed E-state index contributed by atoms with van der Waals surface area (Å²) in [5, 5.41) is 3.57. The van der Waals surface area contributed by atoms with Gasteiger partial charge in [0.15, 0.2) is 0 Å². The average Bonchev–Trinajstić information content (AvgIpc) is 2.78. The van der Waals surface area contributed by atoms with Gasteiger partial charge in [-0.25, -0.2) is 4.98 Å². The van der Waals surface area contributed by atoms with Crippen molar-refractivity contribution in [3.05, 3.63) is 17.2 Å². The van der Waals surface area contributed by atoms with E-state index in [9.17, 15) is 0 Å². The van der Waals surface area contributed by atoms with Crippen LogP contribution in [0.4, 0.5) is 0 Å². The number of aryl methyl sites for hydroxylation is 2. The van der Waals surface area contributed by atoms with E-state index in [4.69, 9.17) is 0 Å². The molecule has 1 aromatic heterocycles. The van der Waals surface area contributed by atoms with Crippen LogP contribution in [0.5, 0.6) is 0 Å². The summed E-state index contributed by atoms with van der Waals surface area (Å²) in [5.74, 6) is 1.31. The Balaban J connectivity index is 2.02. The van der Waals surface area contributed by atoms with E-state index >= 15 is 0 Å². The molecule has 1 N–H and O–H groups in total. The van der Waals surface area contributed by atoms with Crippen molar-refractivity contribution in [3.8, 4) is 0 Å². The molecular weight excluding hydrogens is 174 g/mol. The second-order valence-electron chi connectivity index (χ2n) is 4.40. The van der Waals surface area contributed by atoms with Gasteiger partial charge in [0.1, 0.15) is 5.82 Å². The minimum atomic E-state index is 0.578. The molecule has 2 aliphatic heterocycles. The summed E-state index contributed by atoms with van der Waals surface area (Å²) < 4.78 is 2.44. The summed E-state index contributed by atoms with van der Waals surface area (Å²) in [6.07, 6.45) is 5.05. The van der Waals surface area contributed by atoms with Crippen LogP contribution in [0, 0.1) is 6.92 Å². The van der Waals surface area contributed by atoms with Crippen LogP contribution in [0.3, 0.4) is 0 Å². The monoisotopic (exact) mass is 191 g/mol. The molecule has 1 fully saturated rings. The highest BCUT2D eigenvalue weighted by atomic mass is 15.1. The van der Waals surface area contributed by atoms with E-state index in [2.05, 4.69) is 21.8 Å². The van der Waals surface area contributed by atoms with Crippen LogP contribution in [0.25, 0.3) is 0 Å². The zero-order valence-corrected chi connectivity index (χ0v) is 8.71. The predicted molar refractivity (Wildman–Crippen MR) is 55.3 cm³/mol. The first-order chi connectivity index (χ1) is 6.86. The SMILES string of the molecule is Cc1nc2n(c1C1CCCN1)CCC2. The van der Waals surface area contributed by atoms with E-state index in [1.54, 1.807) is 0 Å². The number of aromatic nitrogens is 2. The first-order valence-electron chi connectivity index (χ1n) is 5.65. The van der Waals surface area contributed by atoms with Crippen molar-refractivity contribution in [2.45, 2.75) is 45.2 Å². The average molecular weight is 191 g/mol. The second-order valence-corrected chi connectivity index (χ2v) is 4.40. The van der Waals surface area contributed by atoms with Gasteiger partial charge in [-0.1, -0.05) is 0 Å². The minimum absolute atomic E-state index is 0.578. The van der Waals surface area contributed by atoms with Crippen molar-refractivity contribution in [3.63, 3.8) is 0 Å². The van der Waals surface area contributed by atoms with Gasteiger partial charge >= 0.3 is 0 Å². The molecule has 0 amide bonds. The van der Waals surface area contributed by atoms with Crippen LogP contribution in [0.15, 0.2) is 0 Å². The molecule has 0 radical (unpaired) electrons. The molecule has 3 heterocycles. The Kier molecular flexibility index (Phi) is 1.87. The van der Waals surface area contributed by atoms with E-state index < -0.39 is 0 Å². The van der Waals surface area contributed by atoms with E-state index in [0.29, 0.717) is 6.04 Å². The summed E-state index contributed by atoms with van der Waals surface area (Å²) >= 11 is 0. The molecule has 14 heavy (non-hydrogen) atoms. The lowest BCUT2D eigenvalue weighted by molar-refractivity contribution is 0.574. The van der Waals surface area contributed by atoms with E-state index in [0.717, 1.165) is 0 Å². The molecule has 3 rings (SSSR count). The van der Waals surface area contributed by atoms with Crippen molar-refractivity contribution < 1.29 is 0 Å². The lowest BCUT2D eigenvalue weighted by atomic mass is 10.1. The molecule has 1 atom stereocenters. The van der Waals surface area contributed by atoms with Crippen molar-refractivity contribution in [2.75, 3.05) is 6.54 Å². The fraction of sp³-hybridized carbons (Fsp3) is 0.727. The Bertz CT molecular complexity index is 348. The Morgan fingerprint density at radius 2 is 2.36 bits per heavy atom. The maximum absolute atomic E-state index is 4.66. The molecule has 0 saturated carbocycles. The number of rotatable bonds is 1. The van der Waals surface area contributed by atoms with Crippen molar-refractivity contribution in [2.24, 2.45) is 0 Å². The summed E-state index contributed by atoms with van der Waals surface area (Å²) in [6, 6.07) is 0.578. The lowest BCUT2D eigenvalue weighted by Gasteiger charge is -2.13. The standard InChI is InChI=1S/C11H17N3/c1-8-11(9-4-2-6-12-9)14-7-3-5-10(14)13-8/h9,12H,2-7H2,1H3. The molecule has 0 bridgehead atoms. The molecular formula is C11H17N3. The van der Waals surface area contributed by atoms with Crippen molar-refractivity contribution in [1.82, 2.24) is 14.9 Å². The fourth-order valence-electron chi connectivity index (χ4n) is 2.84. The van der Waals surface area contributed by atoms with Crippen molar-refractivity contribution >= 4 is 0 Å². The topological polar surface area (TPSA) is 29.9 Å². The zero-order valence-electron chi connectivity index (χ0n) is 8.71. The molecule has 76 valence electrons. The van der Waals surface area contributed by atoms with E-state index in [1.807, 2.05) is 0 Å². The minimum Gasteiger partial charge on any atom is -0.330 e. The first-order valence-corrected chi connectivity index (χ1v) is 5.65. The third-order valence-corrected chi connectivity index (χ3v) is 3.44. The summed E-state index contributed by atoms with van der Waals surface area (Å²) in [7, 11) is 0. The van der Waals surface area contributed by atoms with Gasteiger partial charge in [-0.15, -0.1) is 0 Å². The van der Waals surface area contributed by atoms with Gasteiger partial charge < -0.3 is 9.88 Å². The number of hydrogen-bond acceptors (Lipinski definition) is 2. The molecule has 0 spiro atoms. The zero-order chi connectivity index (χ0) is 9.54. The van der Waals surface area contributed by atoms with Gasteiger partial charge in [0.2, 0.25) is 0 Å². The Hall–Kier alpha value is -0.830. The Morgan fingerprint density at radius 3 is 3.14 bits per heavy atom. The summed E-state index contributed by atoms with van der Waals surface area (Å²) in [4.78, 5) is 4.66. The maximum atomic E-state index is 4.66. The third-order valence-electron chi connectivity index (χ3n) is 3.44. The first kappa shape index (κ1) is 8.48. The van der Waals surface area contributed by atoms with Gasteiger partial charge in [-0.3, -0.25) is 0 Å². The van der Waals surface area contributed by atoms with Gasteiger partial charge in [0.05, 0.1) is 11.4 Å². The molecule has 1 unspecified atom stereocenters. The Morgan fingerprint density at radius 1 is 1.43 bits per heavy atom. The van der Waals surface area contributed by atoms with Crippen molar-refractivity contribution in [1.29, 1.82) is 0 Å². The predicted octanol–water partition coefficient (Wildman–Crippen LogP) is 1.56. The van der Waals surface area contributed by atoms with Crippen LogP contribution < -0.4 is 5.32 Å². The number of nitrogens with zero attached hydrogens (tertiary/aromatic N) is 2. The largest absolute Gasteiger partial charge is 0.330 e. The van der Waals surface area contributed by atoms with Gasteiger partial charge in [0, 0.05) is 19.0 Å². The quantitative estimate of drug-likeness (QED) is 0.730. The third kappa shape index (κ3) is 1.12. The molecule has 3 heteroatoms. The molecule has 1 aromatic rings. The van der Waals surface area contributed by atoms with E-state index in [1.165, 1.54) is 56.0 Å². The molecule has 0 aliphatic carbocycles. The van der Waals surface area contributed by atoms with E-state index in [-0.39, 0.29) is 0 Å². The number of imidazole rings is 1. The number of hydrogen-bond donors (Lipinski definition) is 1. The highest BCUT2D eigenvalue weighted by molar-refractivity contribution is 5.22.